The summed E-state index contributed by atoms with van der Waals surface area (Å²) in [6.07, 6.45) is 3.28. The minimum atomic E-state index is 0.0561. The molecule has 1 heteroatoms. The zero-order chi connectivity index (χ0) is 6.85. The predicted octanol–water partition coefficient (Wildman–Crippen LogP) is 2.97. The van der Waals surface area contributed by atoms with E-state index in [4.69, 9.17) is 0 Å². The van der Waals surface area contributed by atoms with Crippen molar-refractivity contribution in [1.82, 2.24) is 0 Å². The normalized spacial score (nSPS) is 20.1. The quantitative estimate of drug-likeness (QED) is 0.438. The van der Waals surface area contributed by atoms with Gasteiger partial charge in [-0.3, -0.25) is 0 Å². The minimum absolute atomic E-state index is 0.0561. The van der Waals surface area contributed by atoms with Crippen molar-refractivity contribution in [3.63, 3.8) is 0 Å². The van der Waals surface area contributed by atoms with Crippen LogP contribution in [-0.2, 0) is 0 Å². The average Bonchev–Trinajstić information content (AvgIpc) is 1.80. The van der Waals surface area contributed by atoms with Crippen molar-refractivity contribution in [2.45, 2.75) is 26.7 Å². The van der Waals surface area contributed by atoms with E-state index >= 15 is 0 Å². The molecule has 0 heterocycles. The summed E-state index contributed by atoms with van der Waals surface area (Å²) in [6, 6.07) is 0. The van der Waals surface area contributed by atoms with Gasteiger partial charge in [-0.05, 0) is 25.8 Å². The van der Waals surface area contributed by atoms with Crippen LogP contribution >= 0.6 is 0 Å². The molecule has 0 saturated heterocycles. The van der Waals surface area contributed by atoms with Gasteiger partial charge in [0.25, 0.3) is 0 Å². The molecule has 0 spiro atoms. The number of hydrogen-bond donors (Lipinski definition) is 0. The van der Waals surface area contributed by atoms with Gasteiger partial charge in [-0.25, -0.2) is 4.39 Å². The Kier molecular flexibility index (Phi) is 1.70. The van der Waals surface area contributed by atoms with Gasteiger partial charge >= 0.3 is 0 Å². The standard InChI is InChI=1S/C8H11F/c1-6-3-4-8(9)7(2)5-6/h3H,4-5H2,1-2H3. The molecule has 0 amide bonds. The number of hydrogen-bond acceptors (Lipinski definition) is 0. The molecule has 0 N–H and O–H groups in total. The minimum Gasteiger partial charge on any atom is -0.212 e. The third-order valence-electron chi connectivity index (χ3n) is 1.64. The molecule has 0 unspecified atom stereocenters. The van der Waals surface area contributed by atoms with Crippen LogP contribution in [0, 0.1) is 0 Å². The van der Waals surface area contributed by atoms with Gasteiger partial charge in [0.2, 0.25) is 0 Å². The zero-order valence-electron chi connectivity index (χ0n) is 5.87. The molecule has 0 atom stereocenters. The van der Waals surface area contributed by atoms with Crippen LogP contribution in [0.1, 0.15) is 26.7 Å². The van der Waals surface area contributed by atoms with Crippen molar-refractivity contribution in [2.75, 3.05) is 0 Å². The van der Waals surface area contributed by atoms with E-state index in [-0.39, 0.29) is 5.83 Å². The third kappa shape index (κ3) is 1.41. The molecular formula is C8H11F. The third-order valence-corrected chi connectivity index (χ3v) is 1.64. The lowest BCUT2D eigenvalue weighted by Gasteiger charge is -2.09. The first kappa shape index (κ1) is 6.53. The molecule has 0 radical (unpaired) electrons. The maximum atomic E-state index is 12.6. The number of halogens is 1. The highest BCUT2D eigenvalue weighted by Gasteiger charge is 2.05. The molecule has 0 nitrogen and oxygen atoms in total. The average molecular weight is 126 g/mol. The van der Waals surface area contributed by atoms with Crippen LogP contribution < -0.4 is 0 Å². The first-order chi connectivity index (χ1) is 4.20. The summed E-state index contributed by atoms with van der Waals surface area (Å²) in [5.74, 6) is 0.0561. The summed E-state index contributed by atoms with van der Waals surface area (Å²) in [5.41, 5.74) is 2.18. The smallest absolute Gasteiger partial charge is 0.103 e. The molecule has 0 saturated carbocycles. The molecule has 0 aliphatic heterocycles. The van der Waals surface area contributed by atoms with E-state index in [1.54, 1.807) is 0 Å². The van der Waals surface area contributed by atoms with E-state index in [0.717, 1.165) is 12.0 Å². The van der Waals surface area contributed by atoms with Crippen molar-refractivity contribution < 1.29 is 4.39 Å². The van der Waals surface area contributed by atoms with Gasteiger partial charge in [-0.2, -0.15) is 0 Å². The Hall–Kier alpha value is -0.590. The van der Waals surface area contributed by atoms with Crippen molar-refractivity contribution in [1.29, 1.82) is 0 Å². The molecule has 1 aliphatic rings. The van der Waals surface area contributed by atoms with E-state index in [0.29, 0.717) is 6.42 Å². The van der Waals surface area contributed by atoms with Gasteiger partial charge in [-0.1, -0.05) is 11.6 Å². The topological polar surface area (TPSA) is 0 Å². The fourth-order valence-corrected chi connectivity index (χ4v) is 1.02. The maximum absolute atomic E-state index is 12.6. The summed E-state index contributed by atoms with van der Waals surface area (Å²) < 4.78 is 12.6. The predicted molar refractivity (Wildman–Crippen MR) is 36.8 cm³/mol. The van der Waals surface area contributed by atoms with E-state index in [9.17, 15) is 4.39 Å². The second-order valence-electron chi connectivity index (χ2n) is 2.62. The highest BCUT2D eigenvalue weighted by Crippen LogP contribution is 2.23. The van der Waals surface area contributed by atoms with Gasteiger partial charge in [0.05, 0.1) is 0 Å². The lowest BCUT2D eigenvalue weighted by atomic mass is 10.0. The van der Waals surface area contributed by atoms with Crippen LogP contribution in [0.25, 0.3) is 0 Å². The monoisotopic (exact) mass is 126 g/mol. The van der Waals surface area contributed by atoms with Gasteiger partial charge in [0.1, 0.15) is 5.83 Å². The van der Waals surface area contributed by atoms with Crippen LogP contribution in [-0.4, -0.2) is 0 Å². The lowest BCUT2D eigenvalue weighted by molar-refractivity contribution is 0.592. The van der Waals surface area contributed by atoms with Crippen LogP contribution in [0.15, 0.2) is 23.0 Å². The molecule has 0 bridgehead atoms. The molecule has 9 heavy (non-hydrogen) atoms. The van der Waals surface area contributed by atoms with Crippen LogP contribution in [0.2, 0.25) is 0 Å². The Morgan fingerprint density at radius 3 is 2.56 bits per heavy atom. The highest BCUT2D eigenvalue weighted by atomic mass is 19.1. The van der Waals surface area contributed by atoms with Crippen LogP contribution in [0.5, 0.6) is 0 Å². The lowest BCUT2D eigenvalue weighted by Crippen LogP contribution is -1.90. The Labute approximate surface area is 55.1 Å². The van der Waals surface area contributed by atoms with Crippen molar-refractivity contribution >= 4 is 0 Å². The Bertz CT molecular complexity index is 175. The molecule has 0 fully saturated rings. The van der Waals surface area contributed by atoms with Crippen molar-refractivity contribution in [2.24, 2.45) is 0 Å². The van der Waals surface area contributed by atoms with E-state index in [1.165, 1.54) is 5.57 Å². The first-order valence-electron chi connectivity index (χ1n) is 3.20. The van der Waals surface area contributed by atoms with E-state index in [1.807, 2.05) is 19.9 Å². The molecule has 0 aromatic heterocycles. The second kappa shape index (κ2) is 2.34. The molecule has 0 aromatic carbocycles. The molecule has 50 valence electrons. The highest BCUT2D eigenvalue weighted by molar-refractivity contribution is 5.22. The second-order valence-corrected chi connectivity index (χ2v) is 2.62. The van der Waals surface area contributed by atoms with E-state index < -0.39 is 0 Å². The zero-order valence-corrected chi connectivity index (χ0v) is 5.87. The van der Waals surface area contributed by atoms with Gasteiger partial charge in [-0.15, -0.1) is 0 Å². The molecule has 1 rings (SSSR count). The fourth-order valence-electron chi connectivity index (χ4n) is 1.02. The Morgan fingerprint density at radius 1 is 1.44 bits per heavy atom. The summed E-state index contributed by atoms with van der Waals surface area (Å²) in [7, 11) is 0. The Morgan fingerprint density at radius 2 is 2.11 bits per heavy atom. The van der Waals surface area contributed by atoms with Gasteiger partial charge < -0.3 is 0 Å². The molecule has 1 aliphatic carbocycles. The Balaban J connectivity index is 2.70. The number of rotatable bonds is 0. The van der Waals surface area contributed by atoms with Crippen molar-refractivity contribution in [3.8, 4) is 0 Å². The van der Waals surface area contributed by atoms with Crippen LogP contribution in [0.4, 0.5) is 4.39 Å². The maximum Gasteiger partial charge on any atom is 0.103 e. The van der Waals surface area contributed by atoms with Crippen LogP contribution in [0.3, 0.4) is 0 Å². The first-order valence-corrected chi connectivity index (χ1v) is 3.20. The SMILES string of the molecule is CC1=CCC(F)=C(C)C1. The molecule has 0 aromatic rings. The van der Waals surface area contributed by atoms with Gasteiger partial charge in [0, 0.05) is 6.42 Å². The number of allylic oxidation sites excluding steroid dienone is 4. The summed E-state index contributed by atoms with van der Waals surface area (Å²) in [5, 5.41) is 0. The largest absolute Gasteiger partial charge is 0.212 e. The summed E-state index contributed by atoms with van der Waals surface area (Å²) in [6.45, 7) is 3.89. The molecular weight excluding hydrogens is 115 g/mol. The summed E-state index contributed by atoms with van der Waals surface area (Å²) >= 11 is 0. The van der Waals surface area contributed by atoms with E-state index in [2.05, 4.69) is 0 Å². The fraction of sp³-hybridized carbons (Fsp3) is 0.500. The van der Waals surface area contributed by atoms with Gasteiger partial charge in [0.15, 0.2) is 0 Å². The summed E-state index contributed by atoms with van der Waals surface area (Å²) in [4.78, 5) is 0. The van der Waals surface area contributed by atoms with Crippen molar-refractivity contribution in [3.05, 3.63) is 23.0 Å².